The second kappa shape index (κ2) is 6.41. The summed E-state index contributed by atoms with van der Waals surface area (Å²) in [6.07, 6.45) is -0.637. The molecule has 110 valence electrons. The normalized spacial score (nSPS) is 12.0. The number of aryl methyl sites for hydroxylation is 2. The Morgan fingerprint density at radius 3 is 2.24 bits per heavy atom. The van der Waals surface area contributed by atoms with E-state index in [2.05, 4.69) is 5.32 Å². The molecule has 1 unspecified atom stereocenters. The number of nitrogens with one attached hydrogen (secondary N) is 1. The van der Waals surface area contributed by atoms with E-state index >= 15 is 0 Å². The van der Waals surface area contributed by atoms with Gasteiger partial charge >= 0.3 is 0 Å². The number of anilines is 2. The van der Waals surface area contributed by atoms with Crippen molar-refractivity contribution >= 4 is 17.3 Å². The first kappa shape index (κ1) is 15.1. The maximum atomic E-state index is 12.5. The topological polar surface area (TPSA) is 64.3 Å². The highest BCUT2D eigenvalue weighted by Crippen LogP contribution is 2.25. The van der Waals surface area contributed by atoms with E-state index in [1.807, 2.05) is 56.3 Å². The van der Waals surface area contributed by atoms with E-state index in [1.54, 1.807) is 0 Å². The molecule has 1 atom stereocenters. The van der Waals surface area contributed by atoms with Crippen LogP contribution in [0.25, 0.3) is 0 Å². The highest BCUT2D eigenvalue weighted by Gasteiger charge is 2.21. The molecule has 0 saturated heterocycles. The lowest BCUT2D eigenvalue weighted by Crippen LogP contribution is -2.23. The third-order valence-corrected chi connectivity index (χ3v) is 3.38. The van der Waals surface area contributed by atoms with Crippen molar-refractivity contribution in [2.45, 2.75) is 20.0 Å². The van der Waals surface area contributed by atoms with E-state index in [0.29, 0.717) is 5.69 Å². The zero-order valence-corrected chi connectivity index (χ0v) is 12.5. The molecule has 0 fully saturated rings. The largest absolute Gasteiger partial charge is 0.399 e. The van der Waals surface area contributed by atoms with Crippen LogP contribution in [0.3, 0.4) is 0 Å². The van der Waals surface area contributed by atoms with Crippen molar-refractivity contribution in [3.63, 3.8) is 0 Å². The average molecular weight is 284 g/mol. The molecular weight excluding hydrogens is 264 g/mol. The van der Waals surface area contributed by atoms with Crippen molar-refractivity contribution in [2.75, 3.05) is 18.2 Å². The number of ether oxygens (including phenoxy) is 1. The number of amides is 1. The molecule has 2 aromatic rings. The van der Waals surface area contributed by atoms with E-state index in [9.17, 15) is 4.79 Å². The Kier molecular flexibility index (Phi) is 4.60. The second-order valence-corrected chi connectivity index (χ2v) is 5.05. The van der Waals surface area contributed by atoms with Crippen LogP contribution < -0.4 is 11.1 Å². The predicted molar refractivity (Wildman–Crippen MR) is 85.2 cm³/mol. The van der Waals surface area contributed by atoms with Gasteiger partial charge in [0.25, 0.3) is 5.91 Å². The molecule has 3 N–H and O–H groups in total. The van der Waals surface area contributed by atoms with Crippen molar-refractivity contribution < 1.29 is 9.53 Å². The van der Waals surface area contributed by atoms with E-state index in [1.165, 1.54) is 7.11 Å². The van der Waals surface area contributed by atoms with Crippen molar-refractivity contribution in [1.82, 2.24) is 0 Å². The van der Waals surface area contributed by atoms with Crippen LogP contribution in [0.15, 0.2) is 42.5 Å². The van der Waals surface area contributed by atoms with Crippen LogP contribution in [0.4, 0.5) is 11.4 Å². The SMILES string of the molecule is COC(C(=O)Nc1c(C)cc(N)cc1C)c1ccccc1. The van der Waals surface area contributed by atoms with Gasteiger partial charge < -0.3 is 15.8 Å². The third-order valence-electron chi connectivity index (χ3n) is 3.38. The third kappa shape index (κ3) is 3.41. The molecule has 0 aliphatic heterocycles. The summed E-state index contributed by atoms with van der Waals surface area (Å²) in [6.45, 7) is 3.84. The van der Waals surface area contributed by atoms with Crippen LogP contribution >= 0.6 is 0 Å². The summed E-state index contributed by atoms with van der Waals surface area (Å²) in [5.74, 6) is -0.195. The summed E-state index contributed by atoms with van der Waals surface area (Å²) in [5.41, 5.74) is 9.96. The molecule has 0 aromatic heterocycles. The minimum absolute atomic E-state index is 0.195. The number of benzene rings is 2. The standard InChI is InChI=1S/C17H20N2O2/c1-11-9-14(18)10-12(2)15(11)19-17(20)16(21-3)13-7-5-4-6-8-13/h4-10,16H,18H2,1-3H3,(H,19,20). The van der Waals surface area contributed by atoms with E-state index in [4.69, 9.17) is 10.5 Å². The van der Waals surface area contributed by atoms with Gasteiger partial charge in [-0.1, -0.05) is 30.3 Å². The van der Waals surface area contributed by atoms with Gasteiger partial charge in [-0.05, 0) is 42.7 Å². The molecule has 0 saturated carbocycles. The van der Waals surface area contributed by atoms with E-state index < -0.39 is 6.10 Å². The Balaban J connectivity index is 2.25. The van der Waals surface area contributed by atoms with Gasteiger partial charge in [0.05, 0.1) is 0 Å². The number of hydrogen-bond donors (Lipinski definition) is 2. The van der Waals surface area contributed by atoms with Gasteiger partial charge in [-0.2, -0.15) is 0 Å². The second-order valence-electron chi connectivity index (χ2n) is 5.05. The number of carbonyl (C=O) groups is 1. The molecule has 2 aromatic carbocycles. The average Bonchev–Trinajstić information content (AvgIpc) is 2.45. The van der Waals surface area contributed by atoms with E-state index in [0.717, 1.165) is 22.4 Å². The molecule has 4 heteroatoms. The fourth-order valence-electron chi connectivity index (χ4n) is 2.41. The minimum Gasteiger partial charge on any atom is -0.399 e. The molecule has 0 spiro atoms. The molecule has 2 rings (SSSR count). The fraction of sp³-hybridized carbons (Fsp3) is 0.235. The molecule has 1 amide bonds. The summed E-state index contributed by atoms with van der Waals surface area (Å²) in [4.78, 5) is 12.5. The van der Waals surface area contributed by atoms with Crippen molar-refractivity contribution in [3.05, 3.63) is 59.2 Å². The molecule has 21 heavy (non-hydrogen) atoms. The molecule has 0 heterocycles. The molecule has 0 aliphatic carbocycles. The van der Waals surface area contributed by atoms with Gasteiger partial charge in [-0.15, -0.1) is 0 Å². The lowest BCUT2D eigenvalue weighted by Gasteiger charge is -2.18. The molecule has 0 radical (unpaired) electrons. The fourth-order valence-corrected chi connectivity index (χ4v) is 2.41. The summed E-state index contributed by atoms with van der Waals surface area (Å²) >= 11 is 0. The van der Waals surface area contributed by atoms with E-state index in [-0.39, 0.29) is 5.91 Å². The van der Waals surface area contributed by atoms with Crippen LogP contribution in [0.5, 0.6) is 0 Å². The van der Waals surface area contributed by atoms with Gasteiger partial charge in [0, 0.05) is 18.5 Å². The number of rotatable bonds is 4. The molecular formula is C17H20N2O2. The summed E-state index contributed by atoms with van der Waals surface area (Å²) in [7, 11) is 1.53. The van der Waals surface area contributed by atoms with Gasteiger partial charge in [0.2, 0.25) is 0 Å². The number of carbonyl (C=O) groups excluding carboxylic acids is 1. The van der Waals surface area contributed by atoms with Crippen molar-refractivity contribution in [1.29, 1.82) is 0 Å². The number of nitrogens with two attached hydrogens (primary N) is 1. The Hall–Kier alpha value is -2.33. The van der Waals surface area contributed by atoms with Gasteiger partial charge in [-0.25, -0.2) is 0 Å². The monoisotopic (exact) mass is 284 g/mol. The van der Waals surface area contributed by atoms with Gasteiger partial charge in [0.15, 0.2) is 6.10 Å². The summed E-state index contributed by atoms with van der Waals surface area (Å²) < 4.78 is 5.34. The van der Waals surface area contributed by atoms with Crippen LogP contribution in [-0.4, -0.2) is 13.0 Å². The maximum Gasteiger partial charge on any atom is 0.258 e. The maximum absolute atomic E-state index is 12.5. The number of methoxy groups -OCH3 is 1. The first-order chi connectivity index (χ1) is 10.0. The van der Waals surface area contributed by atoms with Gasteiger partial charge in [0.1, 0.15) is 0 Å². The predicted octanol–water partition coefficient (Wildman–Crippen LogP) is 3.21. The van der Waals surface area contributed by atoms with Crippen LogP contribution in [0, 0.1) is 13.8 Å². The first-order valence-corrected chi connectivity index (χ1v) is 6.78. The zero-order valence-electron chi connectivity index (χ0n) is 12.5. The minimum atomic E-state index is -0.637. The summed E-state index contributed by atoms with van der Waals surface area (Å²) in [5, 5.41) is 2.94. The van der Waals surface area contributed by atoms with Crippen molar-refractivity contribution in [3.8, 4) is 0 Å². The Morgan fingerprint density at radius 2 is 1.71 bits per heavy atom. The lowest BCUT2D eigenvalue weighted by molar-refractivity contribution is -0.126. The van der Waals surface area contributed by atoms with Crippen LogP contribution in [0.1, 0.15) is 22.8 Å². The Morgan fingerprint density at radius 1 is 1.14 bits per heavy atom. The smallest absolute Gasteiger partial charge is 0.258 e. The zero-order chi connectivity index (χ0) is 15.4. The Bertz CT molecular complexity index is 615. The Labute approximate surface area is 124 Å². The van der Waals surface area contributed by atoms with Crippen LogP contribution in [-0.2, 0) is 9.53 Å². The van der Waals surface area contributed by atoms with Crippen molar-refractivity contribution in [2.24, 2.45) is 0 Å². The molecule has 0 bridgehead atoms. The first-order valence-electron chi connectivity index (χ1n) is 6.78. The van der Waals surface area contributed by atoms with Crippen LogP contribution in [0.2, 0.25) is 0 Å². The summed E-state index contributed by atoms with van der Waals surface area (Å²) in [6, 6.07) is 13.1. The highest BCUT2D eigenvalue weighted by atomic mass is 16.5. The number of nitrogen functional groups attached to an aromatic ring is 1. The van der Waals surface area contributed by atoms with Gasteiger partial charge in [-0.3, -0.25) is 4.79 Å². The lowest BCUT2D eigenvalue weighted by atomic mass is 10.1. The highest BCUT2D eigenvalue weighted by molar-refractivity contribution is 5.96. The number of hydrogen-bond acceptors (Lipinski definition) is 3. The molecule has 0 aliphatic rings. The molecule has 4 nitrogen and oxygen atoms in total. The quantitative estimate of drug-likeness (QED) is 0.847.